The molecule has 1 radical (unpaired) electrons. The molecule has 7 heteroatoms. The number of nitrogens with one attached hydrogen (secondary N) is 1. The van der Waals surface area contributed by atoms with Crippen molar-refractivity contribution in [2.75, 3.05) is 11.9 Å². The van der Waals surface area contributed by atoms with Crippen LogP contribution in [0.5, 0.6) is 0 Å². The first-order valence-corrected chi connectivity index (χ1v) is 6.23. The smallest absolute Gasteiger partial charge is 0.383 e. The van der Waals surface area contributed by atoms with Crippen LogP contribution in [0.25, 0.3) is 11.3 Å². The predicted octanol–water partition coefficient (Wildman–Crippen LogP) is 4.20. The molecular weight excluding hydrogens is 280 g/mol. The fourth-order valence-electron chi connectivity index (χ4n) is 1.60. The topological polar surface area (TPSA) is 24.9 Å². The molecule has 0 atom stereocenters. The first-order valence-electron chi connectivity index (χ1n) is 5.41. The number of nitrogens with zero attached hydrogens (tertiary/aromatic N) is 1. The number of alkyl halides is 3. The van der Waals surface area contributed by atoms with E-state index in [4.69, 9.17) is 0 Å². The Balaban J connectivity index is 2.43. The number of aromatic nitrogens is 1. The standard InChI is InChI=1S/C12H9F4N2S/c1-2-17-9-4-3-7(5-8(9)13)10-11(12(14,15)16)19-6-18-10/h3-5,17H,2H2,1H3. The van der Waals surface area contributed by atoms with Gasteiger partial charge in [0.1, 0.15) is 10.7 Å². The fraction of sp³-hybridized carbons (Fsp3) is 0.250. The van der Waals surface area contributed by atoms with E-state index in [1.165, 1.54) is 12.1 Å². The van der Waals surface area contributed by atoms with Crippen molar-refractivity contribution >= 4 is 17.0 Å². The molecule has 0 aliphatic rings. The van der Waals surface area contributed by atoms with E-state index >= 15 is 0 Å². The molecule has 0 saturated carbocycles. The van der Waals surface area contributed by atoms with Gasteiger partial charge in [0.25, 0.3) is 0 Å². The van der Waals surface area contributed by atoms with Gasteiger partial charge in [-0.25, -0.2) is 9.37 Å². The summed E-state index contributed by atoms with van der Waals surface area (Å²) in [7, 11) is 0. The largest absolute Gasteiger partial charge is 0.427 e. The Morgan fingerprint density at radius 1 is 1.37 bits per heavy atom. The van der Waals surface area contributed by atoms with Gasteiger partial charge in [0.05, 0.1) is 11.4 Å². The van der Waals surface area contributed by atoms with Gasteiger partial charge in [-0.15, -0.1) is 11.3 Å². The van der Waals surface area contributed by atoms with Gasteiger partial charge in [-0.3, -0.25) is 0 Å². The normalized spacial score (nSPS) is 11.6. The van der Waals surface area contributed by atoms with Crippen LogP contribution in [0.4, 0.5) is 23.2 Å². The highest BCUT2D eigenvalue weighted by atomic mass is 32.1. The minimum absolute atomic E-state index is 0.0870. The predicted molar refractivity (Wildman–Crippen MR) is 65.5 cm³/mol. The molecule has 1 N–H and O–H groups in total. The maximum absolute atomic E-state index is 13.7. The Bertz CT molecular complexity index is 577. The number of benzene rings is 1. The average molecular weight is 289 g/mol. The molecule has 0 aliphatic carbocycles. The molecule has 1 aromatic heterocycles. The van der Waals surface area contributed by atoms with Crippen molar-refractivity contribution in [3.05, 3.63) is 34.4 Å². The van der Waals surface area contributed by atoms with Crippen LogP contribution in [0, 0.1) is 11.3 Å². The SMILES string of the molecule is CCNc1ccc(-c2n[c]sc2C(F)(F)F)cc1F. The molecule has 0 amide bonds. The van der Waals surface area contributed by atoms with Crippen LogP contribution in [0.2, 0.25) is 0 Å². The lowest BCUT2D eigenvalue weighted by molar-refractivity contribution is -0.134. The van der Waals surface area contributed by atoms with E-state index in [9.17, 15) is 17.6 Å². The van der Waals surface area contributed by atoms with E-state index < -0.39 is 16.9 Å². The van der Waals surface area contributed by atoms with Gasteiger partial charge in [-0.2, -0.15) is 13.2 Å². The minimum atomic E-state index is -4.51. The Labute approximate surface area is 111 Å². The lowest BCUT2D eigenvalue weighted by atomic mass is 10.1. The molecule has 0 saturated heterocycles. The number of thiazole rings is 1. The fourth-order valence-corrected chi connectivity index (χ4v) is 2.20. The number of hydrogen-bond acceptors (Lipinski definition) is 3. The Morgan fingerprint density at radius 3 is 2.68 bits per heavy atom. The van der Waals surface area contributed by atoms with Crippen molar-refractivity contribution in [3.8, 4) is 11.3 Å². The Kier molecular flexibility index (Phi) is 3.75. The van der Waals surface area contributed by atoms with Crippen LogP contribution in [0.3, 0.4) is 0 Å². The summed E-state index contributed by atoms with van der Waals surface area (Å²) in [5.41, 5.74) is 2.24. The molecule has 0 spiro atoms. The third kappa shape index (κ3) is 2.86. The van der Waals surface area contributed by atoms with E-state index in [0.29, 0.717) is 17.9 Å². The molecule has 2 aromatic rings. The highest BCUT2D eigenvalue weighted by Crippen LogP contribution is 2.39. The zero-order chi connectivity index (χ0) is 14.0. The summed E-state index contributed by atoms with van der Waals surface area (Å²) in [6, 6.07) is 3.84. The van der Waals surface area contributed by atoms with Crippen LogP contribution in [0.1, 0.15) is 11.8 Å². The summed E-state index contributed by atoms with van der Waals surface area (Å²) in [4.78, 5) is 2.68. The highest BCUT2D eigenvalue weighted by molar-refractivity contribution is 7.09. The Hall–Kier alpha value is -1.63. The summed E-state index contributed by atoms with van der Waals surface area (Å²) in [5, 5.41) is 2.77. The van der Waals surface area contributed by atoms with Gasteiger partial charge < -0.3 is 5.32 Å². The first kappa shape index (κ1) is 13.8. The highest BCUT2D eigenvalue weighted by Gasteiger charge is 2.36. The molecule has 0 aliphatic heterocycles. The van der Waals surface area contributed by atoms with E-state index in [-0.39, 0.29) is 16.9 Å². The molecule has 0 unspecified atom stereocenters. The van der Waals surface area contributed by atoms with E-state index in [0.717, 1.165) is 6.07 Å². The third-order valence-corrected chi connectivity index (χ3v) is 3.20. The Morgan fingerprint density at radius 2 is 2.11 bits per heavy atom. The zero-order valence-electron chi connectivity index (χ0n) is 9.81. The van der Waals surface area contributed by atoms with Crippen LogP contribution < -0.4 is 5.32 Å². The van der Waals surface area contributed by atoms with Crippen molar-refractivity contribution in [2.24, 2.45) is 0 Å². The van der Waals surface area contributed by atoms with Crippen LogP contribution in [-0.2, 0) is 6.18 Å². The lowest BCUT2D eigenvalue weighted by Crippen LogP contribution is -2.04. The quantitative estimate of drug-likeness (QED) is 0.857. The van der Waals surface area contributed by atoms with E-state index in [1.807, 2.05) is 0 Å². The second kappa shape index (κ2) is 5.16. The maximum atomic E-state index is 13.7. The van der Waals surface area contributed by atoms with Gasteiger partial charge in [-0.05, 0) is 19.1 Å². The van der Waals surface area contributed by atoms with Crippen molar-refractivity contribution in [1.82, 2.24) is 4.98 Å². The molecule has 19 heavy (non-hydrogen) atoms. The summed E-state index contributed by atoms with van der Waals surface area (Å²) in [6.07, 6.45) is -4.51. The van der Waals surface area contributed by atoms with Gasteiger partial charge >= 0.3 is 6.18 Å². The summed E-state index contributed by atoms with van der Waals surface area (Å²) in [5.74, 6) is -0.611. The zero-order valence-corrected chi connectivity index (χ0v) is 10.6. The van der Waals surface area contributed by atoms with Crippen LogP contribution in [-0.4, -0.2) is 11.5 Å². The number of halogens is 4. The number of rotatable bonds is 3. The lowest BCUT2D eigenvalue weighted by Gasteiger charge is -2.09. The monoisotopic (exact) mass is 289 g/mol. The van der Waals surface area contributed by atoms with Crippen molar-refractivity contribution < 1.29 is 17.6 Å². The molecule has 101 valence electrons. The van der Waals surface area contributed by atoms with Crippen LogP contribution in [0.15, 0.2) is 18.2 Å². The molecule has 0 fully saturated rings. The second-order valence-electron chi connectivity index (χ2n) is 3.71. The number of hydrogen-bond donors (Lipinski definition) is 1. The van der Waals surface area contributed by atoms with Gasteiger partial charge in [0, 0.05) is 12.1 Å². The van der Waals surface area contributed by atoms with Gasteiger partial charge in [0.15, 0.2) is 5.51 Å². The van der Waals surface area contributed by atoms with E-state index in [2.05, 4.69) is 15.8 Å². The van der Waals surface area contributed by atoms with Crippen LogP contribution >= 0.6 is 11.3 Å². The van der Waals surface area contributed by atoms with Gasteiger partial charge in [-0.1, -0.05) is 6.07 Å². The summed E-state index contributed by atoms with van der Waals surface area (Å²) < 4.78 is 51.8. The molecular formula is C12H9F4N2S. The van der Waals surface area contributed by atoms with Crippen molar-refractivity contribution in [1.29, 1.82) is 0 Å². The number of anilines is 1. The molecule has 2 nitrogen and oxygen atoms in total. The summed E-state index contributed by atoms with van der Waals surface area (Å²) >= 11 is 0.372. The average Bonchev–Trinajstić information content (AvgIpc) is 2.80. The molecule has 1 aromatic carbocycles. The minimum Gasteiger partial charge on any atom is -0.383 e. The first-order chi connectivity index (χ1) is 8.93. The molecule has 1 heterocycles. The van der Waals surface area contributed by atoms with E-state index in [1.54, 1.807) is 6.92 Å². The van der Waals surface area contributed by atoms with Gasteiger partial charge in [0.2, 0.25) is 0 Å². The van der Waals surface area contributed by atoms with Crippen molar-refractivity contribution in [3.63, 3.8) is 0 Å². The second-order valence-corrected chi connectivity index (χ2v) is 4.50. The summed E-state index contributed by atoms with van der Waals surface area (Å²) in [6.45, 7) is 2.32. The third-order valence-electron chi connectivity index (χ3n) is 2.39. The molecule has 2 rings (SSSR count). The van der Waals surface area contributed by atoms with Crippen molar-refractivity contribution in [2.45, 2.75) is 13.1 Å². The molecule has 0 bridgehead atoms. The maximum Gasteiger partial charge on any atom is 0.427 e.